The lowest BCUT2D eigenvalue weighted by molar-refractivity contribution is 0.102. The van der Waals surface area contributed by atoms with Crippen LogP contribution in [0.4, 0.5) is 11.4 Å². The van der Waals surface area contributed by atoms with Gasteiger partial charge in [-0.05, 0) is 30.3 Å². The van der Waals surface area contributed by atoms with E-state index in [9.17, 15) is 4.79 Å². The molecule has 2 aromatic rings. The molecule has 0 atom stereocenters. The molecule has 20 heavy (non-hydrogen) atoms. The highest BCUT2D eigenvalue weighted by atomic mass is 35.5. The normalized spacial score (nSPS) is 10.2. The van der Waals surface area contributed by atoms with Gasteiger partial charge in [-0.25, -0.2) is 0 Å². The van der Waals surface area contributed by atoms with E-state index in [1.807, 2.05) is 0 Å². The van der Waals surface area contributed by atoms with E-state index in [0.29, 0.717) is 27.7 Å². The molecule has 2 aromatic carbocycles. The van der Waals surface area contributed by atoms with Crippen molar-refractivity contribution in [3.8, 4) is 5.75 Å². The van der Waals surface area contributed by atoms with Crippen molar-refractivity contribution in [2.75, 3.05) is 18.2 Å². The standard InChI is InChI=1S/C14H12Cl2N2O2/c1-20-12-6-5-8(17)7-9(12)14(19)18-11-4-2-3-10(15)13(11)16/h2-7H,17H2,1H3,(H,18,19). The van der Waals surface area contributed by atoms with Crippen LogP contribution in [0.25, 0.3) is 0 Å². The van der Waals surface area contributed by atoms with Crippen LogP contribution in [0.2, 0.25) is 10.0 Å². The molecular formula is C14H12Cl2N2O2. The van der Waals surface area contributed by atoms with E-state index in [1.54, 1.807) is 30.3 Å². The SMILES string of the molecule is COc1ccc(N)cc1C(=O)Nc1cccc(Cl)c1Cl. The van der Waals surface area contributed by atoms with E-state index in [2.05, 4.69) is 5.32 Å². The maximum Gasteiger partial charge on any atom is 0.259 e. The van der Waals surface area contributed by atoms with Gasteiger partial charge >= 0.3 is 0 Å². The summed E-state index contributed by atoms with van der Waals surface area (Å²) < 4.78 is 5.14. The van der Waals surface area contributed by atoms with Crippen LogP contribution in [0.3, 0.4) is 0 Å². The van der Waals surface area contributed by atoms with Crippen LogP contribution >= 0.6 is 23.2 Å². The first kappa shape index (κ1) is 14.5. The highest BCUT2D eigenvalue weighted by Crippen LogP contribution is 2.30. The summed E-state index contributed by atoms with van der Waals surface area (Å²) in [5.41, 5.74) is 6.90. The summed E-state index contributed by atoms with van der Waals surface area (Å²) in [6, 6.07) is 9.81. The van der Waals surface area contributed by atoms with Crippen molar-refractivity contribution in [1.82, 2.24) is 0 Å². The summed E-state index contributed by atoms with van der Waals surface area (Å²) in [6.07, 6.45) is 0. The van der Waals surface area contributed by atoms with Gasteiger partial charge in [0.1, 0.15) is 5.75 Å². The highest BCUT2D eigenvalue weighted by Gasteiger charge is 2.15. The van der Waals surface area contributed by atoms with Gasteiger partial charge in [-0.3, -0.25) is 4.79 Å². The van der Waals surface area contributed by atoms with Crippen molar-refractivity contribution in [2.24, 2.45) is 0 Å². The number of amides is 1. The lowest BCUT2D eigenvalue weighted by Crippen LogP contribution is -2.14. The van der Waals surface area contributed by atoms with Crippen LogP contribution < -0.4 is 15.8 Å². The van der Waals surface area contributed by atoms with Gasteiger partial charge < -0.3 is 15.8 Å². The van der Waals surface area contributed by atoms with Gasteiger partial charge in [0.25, 0.3) is 5.91 Å². The summed E-state index contributed by atoms with van der Waals surface area (Å²) in [6.45, 7) is 0. The molecule has 1 amide bonds. The van der Waals surface area contributed by atoms with E-state index in [1.165, 1.54) is 13.2 Å². The Labute approximate surface area is 126 Å². The van der Waals surface area contributed by atoms with Gasteiger partial charge in [0.05, 0.1) is 28.4 Å². The molecule has 0 bridgehead atoms. The first-order valence-electron chi connectivity index (χ1n) is 5.72. The third-order valence-electron chi connectivity index (χ3n) is 2.67. The van der Waals surface area contributed by atoms with E-state index in [4.69, 9.17) is 33.7 Å². The number of anilines is 2. The molecule has 0 aromatic heterocycles. The fourth-order valence-electron chi connectivity index (χ4n) is 1.69. The van der Waals surface area contributed by atoms with Crippen LogP contribution in [0.5, 0.6) is 5.75 Å². The summed E-state index contributed by atoms with van der Waals surface area (Å²) in [4.78, 5) is 12.3. The Morgan fingerprint density at radius 2 is 2.00 bits per heavy atom. The van der Waals surface area contributed by atoms with Gasteiger partial charge in [0.2, 0.25) is 0 Å². The first-order valence-corrected chi connectivity index (χ1v) is 6.47. The second-order valence-electron chi connectivity index (χ2n) is 4.02. The average Bonchev–Trinajstić information content (AvgIpc) is 2.43. The van der Waals surface area contributed by atoms with Crippen LogP contribution in [-0.2, 0) is 0 Å². The van der Waals surface area contributed by atoms with Crippen LogP contribution in [0, 0.1) is 0 Å². The number of hydrogen-bond acceptors (Lipinski definition) is 3. The number of nitrogen functional groups attached to an aromatic ring is 1. The largest absolute Gasteiger partial charge is 0.496 e. The lowest BCUT2D eigenvalue weighted by atomic mass is 10.1. The number of carbonyl (C=O) groups excluding carboxylic acids is 1. The molecule has 0 spiro atoms. The Kier molecular flexibility index (Phi) is 4.37. The predicted octanol–water partition coefficient (Wildman–Crippen LogP) is 3.84. The summed E-state index contributed by atoms with van der Waals surface area (Å²) in [5, 5.41) is 3.33. The first-order chi connectivity index (χ1) is 9.52. The number of ether oxygens (including phenoxy) is 1. The Morgan fingerprint density at radius 3 is 2.70 bits per heavy atom. The number of nitrogens with two attached hydrogens (primary N) is 1. The molecule has 0 radical (unpaired) electrons. The Bertz CT molecular complexity index is 660. The minimum absolute atomic E-state index is 0.283. The number of benzene rings is 2. The molecule has 0 fully saturated rings. The topological polar surface area (TPSA) is 64.3 Å². The smallest absolute Gasteiger partial charge is 0.259 e. The zero-order valence-electron chi connectivity index (χ0n) is 10.6. The zero-order chi connectivity index (χ0) is 14.7. The van der Waals surface area contributed by atoms with Crippen LogP contribution in [-0.4, -0.2) is 13.0 Å². The fourth-order valence-corrected chi connectivity index (χ4v) is 2.04. The van der Waals surface area contributed by atoms with Crippen molar-refractivity contribution in [2.45, 2.75) is 0 Å². The van der Waals surface area contributed by atoms with Gasteiger partial charge in [-0.15, -0.1) is 0 Å². The van der Waals surface area contributed by atoms with Gasteiger partial charge in [-0.1, -0.05) is 29.3 Å². The second kappa shape index (κ2) is 6.03. The van der Waals surface area contributed by atoms with Crippen molar-refractivity contribution in [3.05, 3.63) is 52.0 Å². The van der Waals surface area contributed by atoms with E-state index < -0.39 is 0 Å². The predicted molar refractivity (Wildman–Crippen MR) is 81.8 cm³/mol. The molecule has 4 nitrogen and oxygen atoms in total. The third kappa shape index (κ3) is 2.98. The number of carbonyl (C=O) groups is 1. The van der Waals surface area contributed by atoms with E-state index in [-0.39, 0.29) is 10.9 Å². The molecular weight excluding hydrogens is 299 g/mol. The van der Waals surface area contributed by atoms with Crippen molar-refractivity contribution in [1.29, 1.82) is 0 Å². The highest BCUT2D eigenvalue weighted by molar-refractivity contribution is 6.44. The monoisotopic (exact) mass is 310 g/mol. The second-order valence-corrected chi connectivity index (χ2v) is 4.80. The number of nitrogens with one attached hydrogen (secondary N) is 1. The minimum atomic E-state index is -0.377. The molecule has 0 aliphatic heterocycles. The third-order valence-corrected chi connectivity index (χ3v) is 3.49. The molecule has 0 saturated carbocycles. The van der Waals surface area contributed by atoms with E-state index in [0.717, 1.165) is 0 Å². The molecule has 0 saturated heterocycles. The summed E-state index contributed by atoms with van der Waals surface area (Å²) >= 11 is 11.9. The zero-order valence-corrected chi connectivity index (χ0v) is 12.1. The summed E-state index contributed by atoms with van der Waals surface area (Å²) in [5.74, 6) is 0.0492. The molecule has 0 aliphatic rings. The molecule has 0 heterocycles. The number of methoxy groups -OCH3 is 1. The number of halogens is 2. The maximum atomic E-state index is 12.3. The maximum absolute atomic E-state index is 12.3. The van der Waals surface area contributed by atoms with Crippen LogP contribution in [0.1, 0.15) is 10.4 Å². The number of hydrogen-bond donors (Lipinski definition) is 2. The Balaban J connectivity index is 2.33. The molecule has 0 aliphatic carbocycles. The molecule has 2 rings (SSSR count). The van der Waals surface area contributed by atoms with E-state index >= 15 is 0 Å². The molecule has 104 valence electrons. The molecule has 3 N–H and O–H groups in total. The average molecular weight is 311 g/mol. The number of rotatable bonds is 3. The summed E-state index contributed by atoms with van der Waals surface area (Å²) in [7, 11) is 1.48. The van der Waals surface area contributed by atoms with Crippen molar-refractivity contribution < 1.29 is 9.53 Å². The Morgan fingerprint density at radius 1 is 1.25 bits per heavy atom. The van der Waals surface area contributed by atoms with Crippen molar-refractivity contribution >= 4 is 40.5 Å². The lowest BCUT2D eigenvalue weighted by Gasteiger charge is -2.11. The molecule has 6 heteroatoms. The van der Waals surface area contributed by atoms with Crippen molar-refractivity contribution in [3.63, 3.8) is 0 Å². The van der Waals surface area contributed by atoms with Crippen LogP contribution in [0.15, 0.2) is 36.4 Å². The van der Waals surface area contributed by atoms with Gasteiger partial charge in [0.15, 0.2) is 0 Å². The molecule has 0 unspecified atom stereocenters. The van der Waals surface area contributed by atoms with Gasteiger partial charge in [0, 0.05) is 5.69 Å². The minimum Gasteiger partial charge on any atom is -0.496 e. The van der Waals surface area contributed by atoms with Gasteiger partial charge in [-0.2, -0.15) is 0 Å². The Hall–Kier alpha value is -1.91. The quantitative estimate of drug-likeness (QED) is 0.847. The fraction of sp³-hybridized carbons (Fsp3) is 0.0714.